The predicted octanol–water partition coefficient (Wildman–Crippen LogP) is 4.99. The second kappa shape index (κ2) is 12.5. The van der Waals surface area contributed by atoms with E-state index in [1.807, 2.05) is 65.3 Å². The first-order valence-corrected chi connectivity index (χ1v) is 15.8. The SMILES string of the molecule is COc1ccc(-n2nc(-c3ccccc3)c3c2N(CC(=O)NCCN2CCCC2)C(=O)CSC3c2cccs2)cc1. The largest absolute Gasteiger partial charge is 0.497 e. The zero-order valence-electron chi connectivity index (χ0n) is 23.0. The van der Waals surface area contributed by atoms with Gasteiger partial charge in [0.25, 0.3) is 0 Å². The monoisotopic (exact) mass is 587 g/mol. The first-order chi connectivity index (χ1) is 20.1. The third kappa shape index (κ3) is 5.91. The second-order valence-electron chi connectivity index (χ2n) is 10.1. The molecule has 1 N–H and O–H groups in total. The quantitative estimate of drug-likeness (QED) is 0.297. The van der Waals surface area contributed by atoms with Crippen molar-refractivity contribution < 1.29 is 14.3 Å². The van der Waals surface area contributed by atoms with E-state index in [1.54, 1.807) is 35.1 Å². The van der Waals surface area contributed by atoms with Crippen LogP contribution in [0.4, 0.5) is 5.82 Å². The highest BCUT2D eigenvalue weighted by Gasteiger charge is 2.38. The molecule has 4 heterocycles. The van der Waals surface area contributed by atoms with Crippen molar-refractivity contribution >= 4 is 40.7 Å². The molecule has 10 heteroatoms. The molecule has 0 saturated carbocycles. The van der Waals surface area contributed by atoms with Crippen molar-refractivity contribution in [1.29, 1.82) is 0 Å². The van der Waals surface area contributed by atoms with Gasteiger partial charge in [-0.25, -0.2) is 4.68 Å². The standard InChI is InChI=1S/C31H33N5O3S2/c1-39-24-13-11-23(12-14-24)36-31-28(29(33-36)22-8-3-2-4-9-22)30(25-10-7-19-40-25)41-21-27(38)35(31)20-26(37)32-15-18-34-16-5-6-17-34/h2-4,7-14,19,30H,5-6,15-18,20-21H2,1H3,(H,32,37). The van der Waals surface area contributed by atoms with Gasteiger partial charge >= 0.3 is 0 Å². The van der Waals surface area contributed by atoms with E-state index in [0.29, 0.717) is 12.4 Å². The van der Waals surface area contributed by atoms with Crippen molar-refractivity contribution in [2.24, 2.45) is 0 Å². The van der Waals surface area contributed by atoms with Crippen LogP contribution in [0.1, 0.15) is 28.5 Å². The lowest BCUT2D eigenvalue weighted by Crippen LogP contribution is -2.44. The smallest absolute Gasteiger partial charge is 0.240 e. The molecule has 212 valence electrons. The second-order valence-corrected chi connectivity index (χ2v) is 12.2. The summed E-state index contributed by atoms with van der Waals surface area (Å²) in [7, 11) is 1.63. The van der Waals surface area contributed by atoms with Crippen molar-refractivity contribution in [3.63, 3.8) is 0 Å². The number of fused-ring (bicyclic) bond motifs is 1. The van der Waals surface area contributed by atoms with Crippen LogP contribution in [-0.2, 0) is 9.59 Å². The number of thiophene rings is 1. The van der Waals surface area contributed by atoms with Crippen LogP contribution in [0.15, 0.2) is 72.1 Å². The average molecular weight is 588 g/mol. The first-order valence-electron chi connectivity index (χ1n) is 13.9. The number of rotatable bonds is 9. The minimum Gasteiger partial charge on any atom is -0.497 e. The molecule has 1 fully saturated rings. The van der Waals surface area contributed by atoms with Crippen LogP contribution in [0.2, 0.25) is 0 Å². The summed E-state index contributed by atoms with van der Waals surface area (Å²) in [6, 6.07) is 21.8. The number of carbonyl (C=O) groups excluding carboxylic acids is 2. The molecule has 0 bridgehead atoms. The Morgan fingerprint density at radius 1 is 1.05 bits per heavy atom. The van der Waals surface area contributed by atoms with E-state index in [4.69, 9.17) is 9.84 Å². The van der Waals surface area contributed by atoms with Gasteiger partial charge in [-0.1, -0.05) is 36.4 Å². The van der Waals surface area contributed by atoms with E-state index in [-0.39, 0.29) is 29.4 Å². The normalized spacial score (nSPS) is 17.3. The molecule has 8 nitrogen and oxygen atoms in total. The number of carbonyl (C=O) groups is 2. The highest BCUT2D eigenvalue weighted by Crippen LogP contribution is 2.49. The molecular formula is C31H33N5O3S2. The van der Waals surface area contributed by atoms with Crippen molar-refractivity contribution in [2.75, 3.05) is 50.5 Å². The van der Waals surface area contributed by atoms with Gasteiger partial charge in [0, 0.05) is 29.1 Å². The lowest BCUT2D eigenvalue weighted by atomic mass is 10.0. The van der Waals surface area contributed by atoms with Gasteiger partial charge < -0.3 is 15.0 Å². The number of benzene rings is 2. The highest BCUT2D eigenvalue weighted by molar-refractivity contribution is 8.00. The fourth-order valence-corrected chi connectivity index (χ4v) is 7.63. The minimum absolute atomic E-state index is 0.0698. The Morgan fingerprint density at radius 3 is 2.54 bits per heavy atom. The molecule has 2 aliphatic heterocycles. The number of methoxy groups -OCH3 is 1. The van der Waals surface area contributed by atoms with Gasteiger partial charge in [-0.15, -0.1) is 23.1 Å². The summed E-state index contributed by atoms with van der Waals surface area (Å²) in [5, 5.41) is 10.1. The molecule has 2 aliphatic rings. The number of hydrogen-bond donors (Lipinski definition) is 1. The van der Waals surface area contributed by atoms with Gasteiger partial charge in [0.1, 0.15) is 18.1 Å². The topological polar surface area (TPSA) is 79.7 Å². The van der Waals surface area contributed by atoms with E-state index in [2.05, 4.69) is 21.7 Å². The van der Waals surface area contributed by atoms with E-state index >= 15 is 0 Å². The Kier molecular flexibility index (Phi) is 8.41. The number of hydrogen-bond acceptors (Lipinski definition) is 7. The summed E-state index contributed by atoms with van der Waals surface area (Å²) in [6.07, 6.45) is 2.42. The summed E-state index contributed by atoms with van der Waals surface area (Å²) in [4.78, 5) is 32.2. The molecule has 1 unspecified atom stereocenters. The number of ether oxygens (including phenoxy) is 1. The number of nitrogens with one attached hydrogen (secondary N) is 1. The maximum absolute atomic E-state index is 13.8. The predicted molar refractivity (Wildman–Crippen MR) is 165 cm³/mol. The molecule has 6 rings (SSSR count). The maximum atomic E-state index is 13.8. The molecule has 0 radical (unpaired) electrons. The zero-order chi connectivity index (χ0) is 28.2. The van der Waals surface area contributed by atoms with E-state index < -0.39 is 0 Å². The molecule has 2 amide bonds. The van der Waals surface area contributed by atoms with E-state index in [9.17, 15) is 9.59 Å². The van der Waals surface area contributed by atoms with Crippen LogP contribution in [0.3, 0.4) is 0 Å². The van der Waals surface area contributed by atoms with E-state index in [1.165, 1.54) is 12.8 Å². The maximum Gasteiger partial charge on any atom is 0.240 e. The van der Waals surface area contributed by atoms with E-state index in [0.717, 1.165) is 52.8 Å². The van der Waals surface area contributed by atoms with Gasteiger partial charge in [-0.05, 0) is 61.6 Å². The summed E-state index contributed by atoms with van der Waals surface area (Å²) in [6.45, 7) is 3.47. The Balaban J connectivity index is 1.44. The molecule has 2 aromatic carbocycles. The number of anilines is 1. The molecule has 41 heavy (non-hydrogen) atoms. The number of thioether (sulfide) groups is 1. The fraction of sp³-hybridized carbons (Fsp3) is 0.323. The van der Waals surface area contributed by atoms with Gasteiger partial charge in [0.2, 0.25) is 11.8 Å². The van der Waals surface area contributed by atoms with Crippen LogP contribution in [-0.4, -0.2) is 72.1 Å². The Bertz CT molecular complexity index is 1480. The van der Waals surface area contributed by atoms with Gasteiger partial charge in [0.15, 0.2) is 0 Å². The third-order valence-corrected chi connectivity index (χ3v) is 9.83. The van der Waals surface area contributed by atoms with Crippen molar-refractivity contribution in [1.82, 2.24) is 20.0 Å². The number of nitrogens with zero attached hydrogens (tertiary/aromatic N) is 4. The Labute approximate surface area is 248 Å². The van der Waals surface area contributed by atoms with Crippen molar-refractivity contribution in [3.8, 4) is 22.7 Å². The number of amides is 2. The van der Waals surface area contributed by atoms with Crippen LogP contribution in [0, 0.1) is 0 Å². The first kappa shape index (κ1) is 27.6. The molecule has 4 aromatic rings. The summed E-state index contributed by atoms with van der Waals surface area (Å²) >= 11 is 3.26. The molecule has 1 atom stereocenters. The molecule has 0 spiro atoms. The van der Waals surface area contributed by atoms with Crippen LogP contribution < -0.4 is 15.0 Å². The summed E-state index contributed by atoms with van der Waals surface area (Å²) in [5.41, 5.74) is 3.49. The van der Waals surface area contributed by atoms with Gasteiger partial charge in [0.05, 0.1) is 29.5 Å². The lowest BCUT2D eigenvalue weighted by molar-refractivity contribution is -0.122. The molecule has 2 aromatic heterocycles. The van der Waals surface area contributed by atoms with Crippen LogP contribution >= 0.6 is 23.1 Å². The molecular weight excluding hydrogens is 555 g/mol. The number of aromatic nitrogens is 2. The van der Waals surface area contributed by atoms with Crippen LogP contribution in [0.25, 0.3) is 16.9 Å². The zero-order valence-corrected chi connectivity index (χ0v) is 24.6. The third-order valence-electron chi connectivity index (χ3n) is 7.51. The Hall–Kier alpha value is -3.60. The fourth-order valence-electron chi connectivity index (χ4n) is 5.46. The number of likely N-dealkylation sites (tertiary alicyclic amines) is 1. The van der Waals surface area contributed by atoms with Crippen molar-refractivity contribution in [3.05, 3.63) is 82.6 Å². The highest BCUT2D eigenvalue weighted by atomic mass is 32.2. The average Bonchev–Trinajstić information content (AvgIpc) is 3.78. The molecule has 0 aliphatic carbocycles. The molecule has 1 saturated heterocycles. The van der Waals surface area contributed by atoms with Crippen LogP contribution in [0.5, 0.6) is 5.75 Å². The van der Waals surface area contributed by atoms with Gasteiger partial charge in [-0.2, -0.15) is 5.10 Å². The van der Waals surface area contributed by atoms with Gasteiger partial charge in [-0.3, -0.25) is 14.5 Å². The Morgan fingerprint density at radius 2 is 1.83 bits per heavy atom. The minimum atomic E-state index is -0.174. The lowest BCUT2D eigenvalue weighted by Gasteiger charge is -2.23. The summed E-state index contributed by atoms with van der Waals surface area (Å²) < 4.78 is 7.21. The van der Waals surface area contributed by atoms with Crippen molar-refractivity contribution in [2.45, 2.75) is 18.1 Å². The summed E-state index contributed by atoms with van der Waals surface area (Å²) in [5.74, 6) is 1.34.